The number of hydrogen-bond donors (Lipinski definition) is 0. The van der Waals surface area contributed by atoms with Crippen LogP contribution in [0.1, 0.15) is 0 Å². The molecule has 0 aliphatic heterocycles. The molecule has 0 aliphatic carbocycles. The molecule has 0 fully saturated rings. The molecular weight excluding hydrogens is 687 g/mol. The Kier molecular flexibility index (Phi) is 7.39. The Bertz CT molecular complexity index is 3180. The van der Waals surface area contributed by atoms with E-state index in [1.165, 1.54) is 42.4 Å². The van der Waals surface area contributed by atoms with Gasteiger partial charge < -0.3 is 9.32 Å². The second kappa shape index (κ2) is 12.9. The van der Waals surface area contributed by atoms with Gasteiger partial charge in [-0.25, -0.2) is 0 Å². The van der Waals surface area contributed by atoms with E-state index >= 15 is 0 Å². The molecule has 0 aliphatic rings. The van der Waals surface area contributed by atoms with Crippen molar-refractivity contribution in [1.82, 2.24) is 0 Å². The monoisotopic (exact) mass is 719 g/mol. The minimum Gasteiger partial charge on any atom is -0.455 e. The third kappa shape index (κ3) is 5.24. The van der Waals surface area contributed by atoms with E-state index in [9.17, 15) is 0 Å². The molecule has 0 N–H and O–H groups in total. The second-order valence-electron chi connectivity index (χ2n) is 14.0. The lowest BCUT2D eigenvalue weighted by Crippen LogP contribution is -2.11. The molecule has 2 aromatic heterocycles. The Labute approximate surface area is 322 Å². The fourth-order valence-corrected chi connectivity index (χ4v) is 9.50. The number of nitrogens with zero attached hydrogens (tertiary/aromatic N) is 1. The second-order valence-corrected chi connectivity index (χ2v) is 15.1. The van der Waals surface area contributed by atoms with Crippen LogP contribution in [0.2, 0.25) is 0 Å². The molecule has 0 saturated carbocycles. The predicted molar refractivity (Wildman–Crippen MR) is 235 cm³/mol. The Hall–Kier alpha value is -6.94. The highest BCUT2D eigenvalue weighted by Crippen LogP contribution is 2.50. The molecule has 55 heavy (non-hydrogen) atoms. The highest BCUT2D eigenvalue weighted by atomic mass is 32.1. The smallest absolute Gasteiger partial charge is 0.143 e. The minimum absolute atomic E-state index is 0.861. The Morgan fingerprint density at radius 2 is 0.982 bits per heavy atom. The fraction of sp³-hybridized carbons (Fsp3) is 0. The summed E-state index contributed by atoms with van der Waals surface area (Å²) in [5, 5.41) is 7.08. The molecule has 11 rings (SSSR count). The van der Waals surface area contributed by atoms with Gasteiger partial charge in [0.2, 0.25) is 0 Å². The normalized spacial score (nSPS) is 11.6. The average Bonchev–Trinajstić information content (AvgIpc) is 3.84. The maximum Gasteiger partial charge on any atom is 0.143 e. The largest absolute Gasteiger partial charge is 0.455 e. The molecule has 0 saturated heterocycles. The molecule has 2 heterocycles. The van der Waals surface area contributed by atoms with Crippen LogP contribution < -0.4 is 4.90 Å². The number of rotatable bonds is 6. The van der Waals surface area contributed by atoms with Crippen molar-refractivity contribution in [2.24, 2.45) is 0 Å². The van der Waals surface area contributed by atoms with Crippen LogP contribution in [0.5, 0.6) is 0 Å². The lowest BCUT2D eigenvalue weighted by Gasteiger charge is -2.29. The number of furan rings is 1. The van der Waals surface area contributed by atoms with E-state index in [0.717, 1.165) is 60.9 Å². The van der Waals surface area contributed by atoms with Gasteiger partial charge in [0.05, 0.1) is 11.1 Å². The molecule has 0 atom stereocenters. The molecule has 258 valence electrons. The van der Waals surface area contributed by atoms with Gasteiger partial charge in [0.1, 0.15) is 11.2 Å². The Morgan fingerprint density at radius 1 is 0.382 bits per heavy atom. The summed E-state index contributed by atoms with van der Waals surface area (Å²) < 4.78 is 9.44. The van der Waals surface area contributed by atoms with E-state index in [0.29, 0.717) is 0 Å². The Balaban J connectivity index is 1.16. The molecule has 0 amide bonds. The zero-order chi connectivity index (χ0) is 36.3. The summed E-state index contributed by atoms with van der Waals surface area (Å²) in [6.07, 6.45) is 0. The summed E-state index contributed by atoms with van der Waals surface area (Å²) in [7, 11) is 0. The van der Waals surface area contributed by atoms with Gasteiger partial charge >= 0.3 is 0 Å². The lowest BCUT2D eigenvalue weighted by atomic mass is 9.96. The standard InChI is InChI=1S/C52H33NOS/c1-3-12-34(13-4-1)35-22-27-39(28-23-35)53(40-29-24-38(25-30-40)43-19-11-20-45-44-18-9-10-21-48(44)55-52(43)45)50-41(36-14-5-2-6-15-36)32-33-47-49(50)46-31-26-37-16-7-8-17-42(37)51(46)54-47/h1-33H. The predicted octanol–water partition coefficient (Wildman–Crippen LogP) is 15.6. The van der Waals surface area contributed by atoms with E-state index in [1.54, 1.807) is 0 Å². The highest BCUT2D eigenvalue weighted by molar-refractivity contribution is 7.26. The van der Waals surface area contributed by atoms with Crippen LogP contribution in [0.3, 0.4) is 0 Å². The minimum atomic E-state index is 0.861. The number of anilines is 3. The highest BCUT2D eigenvalue weighted by Gasteiger charge is 2.25. The van der Waals surface area contributed by atoms with Gasteiger partial charge in [-0.3, -0.25) is 0 Å². The lowest BCUT2D eigenvalue weighted by molar-refractivity contribution is 0.673. The third-order valence-electron chi connectivity index (χ3n) is 10.9. The van der Waals surface area contributed by atoms with Gasteiger partial charge in [0.15, 0.2) is 0 Å². The van der Waals surface area contributed by atoms with Crippen LogP contribution in [0.4, 0.5) is 17.1 Å². The summed E-state index contributed by atoms with van der Waals surface area (Å²) in [5.74, 6) is 0. The van der Waals surface area contributed by atoms with Crippen molar-refractivity contribution < 1.29 is 4.42 Å². The quantitative estimate of drug-likeness (QED) is 0.170. The van der Waals surface area contributed by atoms with E-state index in [-0.39, 0.29) is 0 Å². The molecule has 0 radical (unpaired) electrons. The molecule has 2 nitrogen and oxygen atoms in total. The van der Waals surface area contributed by atoms with E-state index in [2.05, 4.69) is 205 Å². The third-order valence-corrected chi connectivity index (χ3v) is 12.1. The van der Waals surface area contributed by atoms with Crippen molar-refractivity contribution in [2.45, 2.75) is 0 Å². The van der Waals surface area contributed by atoms with Crippen molar-refractivity contribution in [2.75, 3.05) is 4.90 Å². The summed E-state index contributed by atoms with van der Waals surface area (Å²) in [4.78, 5) is 2.42. The first-order chi connectivity index (χ1) is 27.3. The topological polar surface area (TPSA) is 16.4 Å². The van der Waals surface area contributed by atoms with Crippen molar-refractivity contribution in [1.29, 1.82) is 0 Å². The van der Waals surface area contributed by atoms with Crippen LogP contribution >= 0.6 is 11.3 Å². The number of hydrogen-bond acceptors (Lipinski definition) is 3. The molecular formula is C52H33NOS. The molecule has 9 aromatic carbocycles. The van der Waals surface area contributed by atoms with Crippen LogP contribution in [0.25, 0.3) is 86.3 Å². The first-order valence-electron chi connectivity index (χ1n) is 18.7. The summed E-state index contributed by atoms with van der Waals surface area (Å²) >= 11 is 1.87. The van der Waals surface area contributed by atoms with E-state index in [4.69, 9.17) is 4.42 Å². The molecule has 11 aromatic rings. The van der Waals surface area contributed by atoms with Gasteiger partial charge in [-0.1, -0.05) is 152 Å². The molecule has 0 spiro atoms. The van der Waals surface area contributed by atoms with Crippen molar-refractivity contribution in [3.8, 4) is 33.4 Å². The van der Waals surface area contributed by atoms with Gasteiger partial charge in [-0.2, -0.15) is 0 Å². The van der Waals surface area contributed by atoms with Gasteiger partial charge in [-0.05, 0) is 81.7 Å². The first-order valence-corrected chi connectivity index (χ1v) is 19.5. The number of thiophene rings is 1. The van der Waals surface area contributed by atoms with Crippen molar-refractivity contribution in [3.05, 3.63) is 200 Å². The number of benzene rings is 9. The van der Waals surface area contributed by atoms with Gasteiger partial charge in [0.25, 0.3) is 0 Å². The Morgan fingerprint density at radius 3 is 1.75 bits per heavy atom. The van der Waals surface area contributed by atoms with Crippen LogP contribution in [0, 0.1) is 0 Å². The molecule has 3 heteroatoms. The van der Waals surface area contributed by atoms with Crippen molar-refractivity contribution in [3.63, 3.8) is 0 Å². The summed E-state index contributed by atoms with van der Waals surface area (Å²) in [6, 6.07) is 72.1. The SMILES string of the molecule is c1ccc(-c2ccc(N(c3ccc(-c4cccc5c4sc4ccccc45)cc3)c3c(-c4ccccc4)ccc4oc5c6ccccc6ccc5c34)cc2)cc1. The van der Waals surface area contributed by atoms with Crippen molar-refractivity contribution >= 4 is 81.3 Å². The molecule has 0 bridgehead atoms. The maximum absolute atomic E-state index is 6.81. The zero-order valence-corrected chi connectivity index (χ0v) is 30.6. The van der Waals surface area contributed by atoms with Crippen LogP contribution in [0.15, 0.2) is 205 Å². The maximum atomic E-state index is 6.81. The average molecular weight is 720 g/mol. The summed E-state index contributed by atoms with van der Waals surface area (Å²) in [5.41, 5.74) is 12.1. The van der Waals surface area contributed by atoms with Crippen LogP contribution in [-0.4, -0.2) is 0 Å². The van der Waals surface area contributed by atoms with E-state index < -0.39 is 0 Å². The molecule has 0 unspecified atom stereocenters. The van der Waals surface area contributed by atoms with Gasteiger partial charge in [-0.15, -0.1) is 11.3 Å². The van der Waals surface area contributed by atoms with E-state index in [1.807, 2.05) is 11.3 Å². The fourth-order valence-electron chi connectivity index (χ4n) is 8.27. The van der Waals surface area contributed by atoms with Gasteiger partial charge in [0, 0.05) is 47.9 Å². The first kappa shape index (κ1) is 31.6. The summed E-state index contributed by atoms with van der Waals surface area (Å²) in [6.45, 7) is 0. The number of fused-ring (bicyclic) bond motifs is 8. The zero-order valence-electron chi connectivity index (χ0n) is 29.8. The van der Waals surface area contributed by atoms with Crippen LogP contribution in [-0.2, 0) is 0 Å².